The number of nitrogens with two attached hydrogens (primary N) is 1. The van der Waals surface area contributed by atoms with Crippen molar-refractivity contribution in [2.24, 2.45) is 29.4 Å². The highest BCUT2D eigenvalue weighted by Gasteiger charge is 2.45. The molecule has 88 valence electrons. The zero-order valence-electron chi connectivity index (χ0n) is 10.4. The second kappa shape index (κ2) is 4.06. The molecule has 0 bridgehead atoms. The molecule has 0 aromatic carbocycles. The first-order valence-corrected chi connectivity index (χ1v) is 6.51. The van der Waals surface area contributed by atoms with Crippen LogP contribution in [-0.4, -0.2) is 18.6 Å². The van der Waals surface area contributed by atoms with E-state index in [9.17, 15) is 0 Å². The van der Waals surface area contributed by atoms with Crippen LogP contribution in [0.25, 0.3) is 0 Å². The van der Waals surface area contributed by atoms with E-state index in [1.807, 2.05) is 0 Å². The van der Waals surface area contributed by atoms with E-state index in [2.05, 4.69) is 26.1 Å². The number of nitrogens with one attached hydrogen (secondary N) is 1. The maximum atomic E-state index is 5.91. The van der Waals surface area contributed by atoms with Crippen LogP contribution in [0.4, 0.5) is 0 Å². The lowest BCUT2D eigenvalue weighted by Crippen LogP contribution is -2.61. The van der Waals surface area contributed by atoms with Crippen LogP contribution in [0.1, 0.15) is 40.0 Å². The molecule has 2 heteroatoms. The van der Waals surface area contributed by atoms with E-state index in [4.69, 9.17) is 5.73 Å². The molecule has 0 radical (unpaired) electrons. The van der Waals surface area contributed by atoms with Crippen molar-refractivity contribution in [3.63, 3.8) is 0 Å². The molecule has 0 heterocycles. The molecule has 2 aliphatic carbocycles. The summed E-state index contributed by atoms with van der Waals surface area (Å²) in [6.07, 6.45) is 4.01. The SMILES string of the molecule is CC(C)C1CC(CN)(NCC2CC2C)C1. The maximum absolute atomic E-state index is 5.91. The predicted octanol–water partition coefficient (Wildman–Crippen LogP) is 2.00. The van der Waals surface area contributed by atoms with Crippen LogP contribution in [0.2, 0.25) is 0 Å². The zero-order valence-corrected chi connectivity index (χ0v) is 10.4. The number of hydrogen-bond donors (Lipinski definition) is 2. The monoisotopic (exact) mass is 210 g/mol. The molecular formula is C13H26N2. The minimum absolute atomic E-state index is 0.303. The Morgan fingerprint density at radius 1 is 1.40 bits per heavy atom. The van der Waals surface area contributed by atoms with Crippen molar-refractivity contribution < 1.29 is 0 Å². The molecule has 0 amide bonds. The molecule has 0 spiro atoms. The van der Waals surface area contributed by atoms with E-state index in [0.717, 1.165) is 30.2 Å². The summed E-state index contributed by atoms with van der Waals surface area (Å²) in [5.41, 5.74) is 6.21. The standard InChI is InChI=1S/C13H26N2/c1-9(2)12-5-13(6-12,8-14)15-7-11-4-10(11)3/h9-12,15H,4-8,14H2,1-3H3. The highest BCUT2D eigenvalue weighted by Crippen LogP contribution is 2.43. The third kappa shape index (κ3) is 2.36. The van der Waals surface area contributed by atoms with Gasteiger partial charge in [0.1, 0.15) is 0 Å². The van der Waals surface area contributed by atoms with Crippen LogP contribution in [0, 0.1) is 23.7 Å². The summed E-state index contributed by atoms with van der Waals surface area (Å²) in [6, 6.07) is 0. The third-order valence-corrected chi connectivity index (χ3v) is 4.65. The van der Waals surface area contributed by atoms with Crippen LogP contribution < -0.4 is 11.1 Å². The summed E-state index contributed by atoms with van der Waals surface area (Å²) in [5.74, 6) is 3.61. The van der Waals surface area contributed by atoms with Gasteiger partial charge in [-0.15, -0.1) is 0 Å². The lowest BCUT2D eigenvalue weighted by molar-refractivity contribution is 0.0756. The fourth-order valence-electron chi connectivity index (χ4n) is 2.83. The van der Waals surface area contributed by atoms with Crippen LogP contribution in [0.5, 0.6) is 0 Å². The summed E-state index contributed by atoms with van der Waals surface area (Å²) in [7, 11) is 0. The van der Waals surface area contributed by atoms with E-state index in [0.29, 0.717) is 5.54 Å². The van der Waals surface area contributed by atoms with Gasteiger partial charge in [-0.05, 0) is 49.5 Å². The molecule has 2 rings (SSSR count). The smallest absolute Gasteiger partial charge is 0.0309 e. The van der Waals surface area contributed by atoms with Crippen LogP contribution in [0.3, 0.4) is 0 Å². The normalized spacial score (nSPS) is 44.2. The van der Waals surface area contributed by atoms with Crippen molar-refractivity contribution in [2.45, 2.75) is 45.6 Å². The van der Waals surface area contributed by atoms with Gasteiger partial charge in [0.15, 0.2) is 0 Å². The van der Waals surface area contributed by atoms with Gasteiger partial charge in [-0.1, -0.05) is 20.8 Å². The van der Waals surface area contributed by atoms with E-state index >= 15 is 0 Å². The fraction of sp³-hybridized carbons (Fsp3) is 1.00. The first kappa shape index (κ1) is 11.4. The van der Waals surface area contributed by atoms with Crippen LogP contribution in [-0.2, 0) is 0 Å². The van der Waals surface area contributed by atoms with E-state index in [-0.39, 0.29) is 0 Å². The third-order valence-electron chi connectivity index (χ3n) is 4.65. The van der Waals surface area contributed by atoms with E-state index in [1.54, 1.807) is 0 Å². The topological polar surface area (TPSA) is 38.0 Å². The van der Waals surface area contributed by atoms with Gasteiger partial charge < -0.3 is 11.1 Å². The molecule has 3 N–H and O–H groups in total. The predicted molar refractivity (Wildman–Crippen MR) is 64.6 cm³/mol. The van der Waals surface area contributed by atoms with Crippen molar-refractivity contribution in [1.82, 2.24) is 5.32 Å². The van der Waals surface area contributed by atoms with Gasteiger partial charge in [-0.3, -0.25) is 0 Å². The van der Waals surface area contributed by atoms with Crippen molar-refractivity contribution in [3.8, 4) is 0 Å². The minimum atomic E-state index is 0.303. The molecule has 2 unspecified atom stereocenters. The van der Waals surface area contributed by atoms with Gasteiger partial charge in [-0.25, -0.2) is 0 Å². The van der Waals surface area contributed by atoms with Gasteiger partial charge in [0.05, 0.1) is 0 Å². The second-order valence-corrected chi connectivity index (χ2v) is 6.25. The van der Waals surface area contributed by atoms with Gasteiger partial charge in [0.25, 0.3) is 0 Å². The van der Waals surface area contributed by atoms with Gasteiger partial charge >= 0.3 is 0 Å². The van der Waals surface area contributed by atoms with Crippen molar-refractivity contribution >= 4 is 0 Å². The van der Waals surface area contributed by atoms with Crippen molar-refractivity contribution in [1.29, 1.82) is 0 Å². The average Bonchev–Trinajstić information content (AvgIpc) is 2.80. The molecule has 2 nitrogen and oxygen atoms in total. The largest absolute Gasteiger partial charge is 0.329 e. The zero-order chi connectivity index (χ0) is 11.1. The number of rotatable bonds is 5. The molecular weight excluding hydrogens is 184 g/mol. The van der Waals surface area contributed by atoms with Gasteiger partial charge in [-0.2, -0.15) is 0 Å². The lowest BCUT2D eigenvalue weighted by atomic mass is 9.64. The molecule has 0 aromatic rings. The molecule has 2 fully saturated rings. The first-order valence-electron chi connectivity index (χ1n) is 6.51. The number of hydrogen-bond acceptors (Lipinski definition) is 2. The Morgan fingerprint density at radius 3 is 2.40 bits per heavy atom. The van der Waals surface area contributed by atoms with Gasteiger partial charge in [0, 0.05) is 12.1 Å². The van der Waals surface area contributed by atoms with Crippen LogP contribution in [0.15, 0.2) is 0 Å². The summed E-state index contributed by atoms with van der Waals surface area (Å²) >= 11 is 0. The maximum Gasteiger partial charge on any atom is 0.0309 e. The average molecular weight is 210 g/mol. The molecule has 0 aromatic heterocycles. The molecule has 0 saturated heterocycles. The van der Waals surface area contributed by atoms with Gasteiger partial charge in [0.2, 0.25) is 0 Å². The van der Waals surface area contributed by atoms with Crippen molar-refractivity contribution in [3.05, 3.63) is 0 Å². The fourth-order valence-corrected chi connectivity index (χ4v) is 2.83. The highest BCUT2D eigenvalue weighted by atomic mass is 15.0. The highest BCUT2D eigenvalue weighted by molar-refractivity contribution is 5.03. The quantitative estimate of drug-likeness (QED) is 0.728. The summed E-state index contributed by atoms with van der Waals surface area (Å²) in [5, 5.41) is 3.73. The molecule has 2 atom stereocenters. The molecule has 2 saturated carbocycles. The molecule has 2 aliphatic rings. The Hall–Kier alpha value is -0.0800. The van der Waals surface area contributed by atoms with Crippen LogP contribution >= 0.6 is 0 Å². The Balaban J connectivity index is 1.74. The second-order valence-electron chi connectivity index (χ2n) is 6.25. The summed E-state index contributed by atoms with van der Waals surface area (Å²) < 4.78 is 0. The Labute approximate surface area is 94.0 Å². The Kier molecular flexibility index (Phi) is 3.09. The van der Waals surface area contributed by atoms with E-state index in [1.165, 1.54) is 25.8 Å². The summed E-state index contributed by atoms with van der Waals surface area (Å²) in [6.45, 7) is 9.02. The minimum Gasteiger partial charge on any atom is -0.329 e. The first-order chi connectivity index (χ1) is 7.06. The molecule has 15 heavy (non-hydrogen) atoms. The van der Waals surface area contributed by atoms with E-state index < -0.39 is 0 Å². The Morgan fingerprint density at radius 2 is 2.00 bits per heavy atom. The molecule has 0 aliphatic heterocycles. The Bertz CT molecular complexity index is 219. The summed E-state index contributed by atoms with van der Waals surface area (Å²) in [4.78, 5) is 0. The lowest BCUT2D eigenvalue weighted by Gasteiger charge is -2.50. The van der Waals surface area contributed by atoms with Crippen molar-refractivity contribution in [2.75, 3.05) is 13.1 Å².